The Morgan fingerprint density at radius 2 is 1.73 bits per heavy atom. The molecular weight excluding hydrogens is 564 g/mol. The van der Waals surface area contributed by atoms with Crippen molar-refractivity contribution >= 4 is 23.6 Å². The van der Waals surface area contributed by atoms with Gasteiger partial charge in [-0.15, -0.1) is 0 Å². The van der Waals surface area contributed by atoms with Gasteiger partial charge in [0.25, 0.3) is 5.91 Å². The van der Waals surface area contributed by atoms with Gasteiger partial charge in [0.05, 0.1) is 32.2 Å². The van der Waals surface area contributed by atoms with E-state index in [4.69, 9.17) is 14.2 Å². The molecule has 0 aromatic heterocycles. The second kappa shape index (κ2) is 16.0. The summed E-state index contributed by atoms with van der Waals surface area (Å²) in [5.41, 5.74) is 1.08. The van der Waals surface area contributed by atoms with Gasteiger partial charge < -0.3 is 35.1 Å². The number of nitrogens with one attached hydrogen (secondary N) is 3. The highest BCUT2D eigenvalue weighted by Gasteiger charge is 2.30. The normalized spacial score (nSPS) is 17.7. The molecule has 3 aromatic rings. The Morgan fingerprint density at radius 1 is 0.977 bits per heavy atom. The predicted octanol–water partition coefficient (Wildman–Crippen LogP) is 2.35. The number of carbonyl (C=O) groups excluding carboxylic acids is 4. The molecule has 0 radical (unpaired) electrons. The fraction of sp³-hybridized carbons (Fsp3) is 0.333. The number of rotatable bonds is 9. The van der Waals surface area contributed by atoms with E-state index in [1.165, 1.54) is 0 Å². The van der Waals surface area contributed by atoms with Gasteiger partial charge in [-0.1, -0.05) is 48.5 Å². The first-order valence-electron chi connectivity index (χ1n) is 14.6. The lowest BCUT2D eigenvalue weighted by Gasteiger charge is -2.28. The van der Waals surface area contributed by atoms with Crippen LogP contribution in [0.4, 0.5) is 0 Å². The van der Waals surface area contributed by atoms with Crippen molar-refractivity contribution in [2.45, 2.75) is 31.8 Å². The molecule has 0 fully saturated rings. The lowest BCUT2D eigenvalue weighted by Crippen LogP contribution is -2.54. The minimum atomic E-state index is -1.23. The molecule has 0 unspecified atom stereocenters. The van der Waals surface area contributed by atoms with Gasteiger partial charge in [-0.3, -0.25) is 19.2 Å². The van der Waals surface area contributed by atoms with Crippen LogP contribution in [-0.2, 0) is 20.8 Å². The molecule has 2 atom stereocenters. The summed E-state index contributed by atoms with van der Waals surface area (Å²) in [7, 11) is 1.56. The van der Waals surface area contributed by atoms with Crippen LogP contribution in [0.15, 0.2) is 78.9 Å². The van der Waals surface area contributed by atoms with E-state index in [1.807, 2.05) is 37.3 Å². The minimum absolute atomic E-state index is 0.115. The van der Waals surface area contributed by atoms with E-state index in [-0.39, 0.29) is 50.6 Å². The summed E-state index contributed by atoms with van der Waals surface area (Å²) in [4.78, 5) is 55.2. The van der Waals surface area contributed by atoms with Gasteiger partial charge in [0.15, 0.2) is 0 Å². The smallest absolute Gasteiger partial charge is 0.255 e. The number of likely N-dealkylation sites (N-methyl/N-ethyl adjacent to an activating group) is 1. The summed E-state index contributed by atoms with van der Waals surface area (Å²) in [5.74, 6) is -0.451. The number of hydrogen-bond donors (Lipinski definition) is 3. The van der Waals surface area contributed by atoms with Crippen molar-refractivity contribution in [3.63, 3.8) is 0 Å². The molecule has 1 aliphatic rings. The zero-order chi connectivity index (χ0) is 31.3. The summed E-state index contributed by atoms with van der Waals surface area (Å²) in [6, 6.07) is 20.9. The summed E-state index contributed by atoms with van der Waals surface area (Å²) >= 11 is 0. The van der Waals surface area contributed by atoms with Gasteiger partial charge in [-0.25, -0.2) is 0 Å². The Bertz CT molecular complexity index is 1430. The third-order valence-corrected chi connectivity index (χ3v) is 7.08. The monoisotopic (exact) mass is 602 g/mol. The number of carbonyl (C=O) groups is 4. The number of hydrogen-bond acceptors (Lipinski definition) is 7. The van der Waals surface area contributed by atoms with Crippen molar-refractivity contribution in [3.05, 3.63) is 90.0 Å². The largest absolute Gasteiger partial charge is 0.497 e. The van der Waals surface area contributed by atoms with Crippen LogP contribution < -0.4 is 30.2 Å². The third-order valence-electron chi connectivity index (χ3n) is 7.08. The molecule has 232 valence electrons. The van der Waals surface area contributed by atoms with Crippen molar-refractivity contribution in [2.75, 3.05) is 40.0 Å². The average Bonchev–Trinajstić information content (AvgIpc) is 3.04. The van der Waals surface area contributed by atoms with Crippen LogP contribution >= 0.6 is 0 Å². The summed E-state index contributed by atoms with van der Waals surface area (Å²) in [6.45, 7) is 2.90. The van der Waals surface area contributed by atoms with Crippen molar-refractivity contribution in [2.24, 2.45) is 0 Å². The average molecular weight is 603 g/mol. The number of methoxy groups -OCH3 is 1. The van der Waals surface area contributed by atoms with Crippen molar-refractivity contribution in [1.29, 1.82) is 0 Å². The molecule has 0 spiro atoms. The fourth-order valence-electron chi connectivity index (χ4n) is 4.78. The topological polar surface area (TPSA) is 135 Å². The molecule has 1 aliphatic heterocycles. The lowest BCUT2D eigenvalue weighted by atomic mass is 10.0. The Labute approximate surface area is 256 Å². The molecule has 44 heavy (non-hydrogen) atoms. The van der Waals surface area contributed by atoms with Crippen LogP contribution in [-0.4, -0.2) is 80.6 Å². The van der Waals surface area contributed by atoms with Crippen LogP contribution in [0.3, 0.4) is 0 Å². The highest BCUT2D eigenvalue weighted by atomic mass is 16.5. The van der Waals surface area contributed by atoms with Crippen LogP contribution in [0.5, 0.6) is 17.2 Å². The van der Waals surface area contributed by atoms with Gasteiger partial charge in [0.2, 0.25) is 17.7 Å². The fourth-order valence-corrected chi connectivity index (χ4v) is 4.78. The summed E-state index contributed by atoms with van der Waals surface area (Å²) < 4.78 is 16.8. The van der Waals surface area contributed by atoms with E-state index in [2.05, 4.69) is 16.0 Å². The minimum Gasteiger partial charge on any atom is -0.497 e. The van der Waals surface area contributed by atoms with Gasteiger partial charge in [0, 0.05) is 19.0 Å². The van der Waals surface area contributed by atoms with Crippen molar-refractivity contribution in [1.82, 2.24) is 20.9 Å². The molecule has 11 nitrogen and oxygen atoms in total. The van der Waals surface area contributed by atoms with Crippen LogP contribution in [0.1, 0.15) is 29.3 Å². The summed E-state index contributed by atoms with van der Waals surface area (Å²) in [6.07, 6.45) is -0.127. The number of para-hydroxylation sites is 1. The molecule has 1 heterocycles. The maximum absolute atomic E-state index is 13.6. The quantitative estimate of drug-likeness (QED) is 0.320. The maximum Gasteiger partial charge on any atom is 0.255 e. The van der Waals surface area contributed by atoms with Gasteiger partial charge in [0.1, 0.15) is 42.5 Å². The van der Waals surface area contributed by atoms with Crippen LogP contribution in [0, 0.1) is 0 Å². The molecular formula is C33H38N4O7. The standard InChI is InChI=1S/C33H38N4O7/c1-3-37-17-19-44-29-15-8-7-14-26(29)31(39)36-27(32(40)34-16-18-43-25-13-9-12-24(21-25)42-2)22-30(38)35-28(33(37)41)20-23-10-5-4-6-11-23/h4-15,21,27-28H,3,16-20,22H2,1-2H3,(H,34,40)(H,35,38)(H,36,39)/t27-,28-/m0/s1. The molecule has 4 amide bonds. The first-order chi connectivity index (χ1) is 21.4. The number of fused-ring (bicyclic) bond motifs is 1. The Balaban J connectivity index is 1.52. The van der Waals surface area contributed by atoms with Crippen molar-refractivity contribution < 1.29 is 33.4 Å². The highest BCUT2D eigenvalue weighted by molar-refractivity contribution is 6.01. The summed E-state index contributed by atoms with van der Waals surface area (Å²) in [5, 5.41) is 8.23. The maximum atomic E-state index is 13.6. The molecule has 3 N–H and O–H groups in total. The molecule has 0 aliphatic carbocycles. The second-order valence-corrected chi connectivity index (χ2v) is 10.1. The van der Waals surface area contributed by atoms with E-state index in [0.717, 1.165) is 5.56 Å². The zero-order valence-corrected chi connectivity index (χ0v) is 24.9. The molecule has 0 bridgehead atoms. The van der Waals surface area contributed by atoms with Crippen molar-refractivity contribution in [3.8, 4) is 17.2 Å². The number of amides is 4. The Kier molecular flexibility index (Phi) is 11.6. The predicted molar refractivity (Wildman–Crippen MR) is 164 cm³/mol. The highest BCUT2D eigenvalue weighted by Crippen LogP contribution is 2.20. The lowest BCUT2D eigenvalue weighted by molar-refractivity contribution is -0.137. The molecule has 3 aromatic carbocycles. The number of ether oxygens (including phenoxy) is 3. The van der Waals surface area contributed by atoms with Crippen LogP contribution in [0.25, 0.3) is 0 Å². The van der Waals surface area contributed by atoms with E-state index in [1.54, 1.807) is 60.5 Å². The second-order valence-electron chi connectivity index (χ2n) is 10.1. The molecule has 0 saturated heterocycles. The Hall–Kier alpha value is -5.06. The Morgan fingerprint density at radius 3 is 2.50 bits per heavy atom. The first-order valence-corrected chi connectivity index (χ1v) is 14.6. The first kappa shape index (κ1) is 31.9. The SMILES string of the molecule is CCN1CCOc2ccccc2C(=O)N[C@H](C(=O)NCCOc2cccc(OC)c2)CC(=O)N[C@@H](Cc2ccccc2)C1=O. The molecule has 4 rings (SSSR count). The van der Waals surface area contributed by atoms with E-state index < -0.39 is 29.8 Å². The van der Waals surface area contributed by atoms with Gasteiger partial charge >= 0.3 is 0 Å². The number of benzene rings is 3. The van der Waals surface area contributed by atoms with Gasteiger partial charge in [-0.2, -0.15) is 0 Å². The van der Waals surface area contributed by atoms with E-state index in [0.29, 0.717) is 23.8 Å². The number of nitrogens with zero attached hydrogens (tertiary/aromatic N) is 1. The molecule has 0 saturated carbocycles. The van der Waals surface area contributed by atoms with Gasteiger partial charge in [-0.05, 0) is 36.8 Å². The van der Waals surface area contributed by atoms with Crippen LogP contribution in [0.2, 0.25) is 0 Å². The van der Waals surface area contributed by atoms with E-state index in [9.17, 15) is 19.2 Å². The third kappa shape index (κ3) is 8.97. The zero-order valence-electron chi connectivity index (χ0n) is 24.9. The molecule has 11 heteroatoms. The van der Waals surface area contributed by atoms with E-state index >= 15 is 0 Å².